The summed E-state index contributed by atoms with van der Waals surface area (Å²) in [5.41, 5.74) is 5.73. The van der Waals surface area contributed by atoms with Gasteiger partial charge in [-0.15, -0.1) is 0 Å². The highest BCUT2D eigenvalue weighted by molar-refractivity contribution is 14.1. The molecular weight excluding hydrogens is 334 g/mol. The minimum atomic E-state index is -4.08. The highest BCUT2D eigenvalue weighted by atomic mass is 127. The van der Waals surface area contributed by atoms with Gasteiger partial charge in [0, 0.05) is 6.42 Å². The van der Waals surface area contributed by atoms with Gasteiger partial charge in [0.15, 0.2) is 0 Å². The molecule has 7 heteroatoms. The van der Waals surface area contributed by atoms with Crippen molar-refractivity contribution in [2.24, 2.45) is 0 Å². The third kappa shape index (κ3) is 3.84. The Morgan fingerprint density at radius 2 is 2.19 bits per heavy atom. The maximum Gasteiger partial charge on any atom is 0.389 e. The summed E-state index contributed by atoms with van der Waals surface area (Å²) in [6.07, 6.45) is -2.71. The Labute approximate surface area is 105 Å². The van der Waals surface area contributed by atoms with Crippen LogP contribution >= 0.6 is 22.6 Å². The van der Waals surface area contributed by atoms with Crippen LogP contribution in [-0.2, 0) is 0 Å². The van der Waals surface area contributed by atoms with Crippen molar-refractivity contribution in [3.8, 4) is 0 Å². The number of rotatable bonds is 4. The van der Waals surface area contributed by atoms with E-state index in [1.807, 2.05) is 29.5 Å². The lowest BCUT2D eigenvalue weighted by atomic mass is 10.1. The van der Waals surface area contributed by atoms with Crippen molar-refractivity contribution in [2.45, 2.75) is 38.4 Å². The summed E-state index contributed by atoms with van der Waals surface area (Å²) < 4.78 is 38.2. The first kappa shape index (κ1) is 13.6. The maximum atomic E-state index is 11.9. The normalized spacial score (nSPS) is 14.1. The molecule has 0 bridgehead atoms. The fourth-order valence-electron chi connectivity index (χ4n) is 1.42. The zero-order valence-electron chi connectivity index (χ0n) is 8.76. The second-order valence-electron chi connectivity index (χ2n) is 3.68. The Kier molecular flexibility index (Phi) is 4.45. The molecule has 1 atom stereocenters. The summed E-state index contributed by atoms with van der Waals surface area (Å²) in [5, 5.41) is 4.03. The maximum absolute atomic E-state index is 11.9. The van der Waals surface area contributed by atoms with Gasteiger partial charge in [-0.2, -0.15) is 18.3 Å². The molecule has 1 aromatic heterocycles. The molecule has 16 heavy (non-hydrogen) atoms. The summed E-state index contributed by atoms with van der Waals surface area (Å²) in [7, 11) is 0. The number of nitrogens with zero attached hydrogens (tertiary/aromatic N) is 2. The molecule has 0 saturated heterocycles. The van der Waals surface area contributed by atoms with Crippen molar-refractivity contribution in [3.63, 3.8) is 0 Å². The molecule has 0 aliphatic heterocycles. The third-order valence-electron chi connectivity index (χ3n) is 2.29. The van der Waals surface area contributed by atoms with Gasteiger partial charge in [0.2, 0.25) is 0 Å². The van der Waals surface area contributed by atoms with Gasteiger partial charge in [-0.1, -0.05) is 0 Å². The van der Waals surface area contributed by atoms with Gasteiger partial charge < -0.3 is 5.73 Å². The molecular formula is C9H13F3IN3. The molecule has 0 fully saturated rings. The fourth-order valence-corrected chi connectivity index (χ4v) is 1.79. The number of hydrogen-bond donors (Lipinski definition) is 1. The predicted octanol–water partition coefficient (Wildman–Crippen LogP) is 3.36. The number of hydrogen-bond acceptors (Lipinski definition) is 2. The zero-order chi connectivity index (χ0) is 12.3. The largest absolute Gasteiger partial charge is 0.389 e. The van der Waals surface area contributed by atoms with Crippen molar-refractivity contribution >= 4 is 28.4 Å². The number of halogens is 4. The second-order valence-corrected chi connectivity index (χ2v) is 4.84. The van der Waals surface area contributed by atoms with E-state index in [0.717, 1.165) is 3.57 Å². The van der Waals surface area contributed by atoms with E-state index >= 15 is 0 Å². The lowest BCUT2D eigenvalue weighted by Crippen LogP contribution is -2.12. The van der Waals surface area contributed by atoms with Crippen LogP contribution in [0.15, 0.2) is 6.20 Å². The highest BCUT2D eigenvalue weighted by Crippen LogP contribution is 2.26. The van der Waals surface area contributed by atoms with Gasteiger partial charge in [0.25, 0.3) is 0 Å². The summed E-state index contributed by atoms with van der Waals surface area (Å²) in [6, 6.07) is -0.106. The SMILES string of the molecule is CC(CCCC(F)(F)F)n1ncc(I)c1N. The first-order valence-corrected chi connectivity index (χ1v) is 5.94. The number of aromatic nitrogens is 2. The molecule has 1 heterocycles. The zero-order valence-corrected chi connectivity index (χ0v) is 10.9. The molecule has 1 aromatic rings. The Hall–Kier alpha value is -0.470. The summed E-state index contributed by atoms with van der Waals surface area (Å²) in [4.78, 5) is 0. The minimum absolute atomic E-state index is 0.0978. The molecule has 1 rings (SSSR count). The van der Waals surface area contributed by atoms with E-state index in [9.17, 15) is 13.2 Å². The monoisotopic (exact) mass is 347 g/mol. The number of anilines is 1. The van der Waals surface area contributed by atoms with Crippen molar-refractivity contribution in [1.29, 1.82) is 0 Å². The van der Waals surface area contributed by atoms with E-state index in [-0.39, 0.29) is 12.5 Å². The quantitative estimate of drug-likeness (QED) is 0.849. The molecule has 0 aliphatic rings. The molecule has 0 radical (unpaired) electrons. The molecule has 1 unspecified atom stereocenters. The minimum Gasteiger partial charge on any atom is -0.383 e. The van der Waals surface area contributed by atoms with Crippen molar-refractivity contribution in [3.05, 3.63) is 9.77 Å². The molecule has 92 valence electrons. The lowest BCUT2D eigenvalue weighted by molar-refractivity contribution is -0.135. The molecule has 2 N–H and O–H groups in total. The van der Waals surface area contributed by atoms with Crippen LogP contribution in [0.5, 0.6) is 0 Å². The smallest absolute Gasteiger partial charge is 0.383 e. The molecule has 0 aromatic carbocycles. The van der Waals surface area contributed by atoms with E-state index in [1.165, 1.54) is 0 Å². The van der Waals surface area contributed by atoms with Crippen LogP contribution in [0, 0.1) is 3.57 Å². The van der Waals surface area contributed by atoms with E-state index in [1.54, 1.807) is 10.9 Å². The van der Waals surface area contributed by atoms with Crippen LogP contribution in [0.4, 0.5) is 19.0 Å². The summed E-state index contributed by atoms with van der Waals surface area (Å²) in [5.74, 6) is 0.514. The lowest BCUT2D eigenvalue weighted by Gasteiger charge is -2.14. The molecule has 0 amide bonds. The topological polar surface area (TPSA) is 43.8 Å². The van der Waals surface area contributed by atoms with Crippen LogP contribution in [-0.4, -0.2) is 16.0 Å². The third-order valence-corrected chi connectivity index (χ3v) is 3.12. The molecule has 0 spiro atoms. The van der Waals surface area contributed by atoms with Crippen LogP contribution in [0.3, 0.4) is 0 Å². The van der Waals surface area contributed by atoms with Gasteiger partial charge >= 0.3 is 6.18 Å². The van der Waals surface area contributed by atoms with Gasteiger partial charge in [0.05, 0.1) is 15.8 Å². The molecule has 3 nitrogen and oxygen atoms in total. The van der Waals surface area contributed by atoms with Crippen LogP contribution in [0.2, 0.25) is 0 Å². The van der Waals surface area contributed by atoms with Gasteiger partial charge in [0.1, 0.15) is 5.82 Å². The molecule has 0 saturated carbocycles. The standard InChI is InChI=1S/C9H13F3IN3/c1-6(3-2-4-9(10,11)12)16-8(14)7(13)5-15-16/h5-6H,2-4,14H2,1H3. The fraction of sp³-hybridized carbons (Fsp3) is 0.667. The van der Waals surface area contributed by atoms with Gasteiger partial charge in [-0.05, 0) is 42.4 Å². The van der Waals surface area contributed by atoms with Crippen molar-refractivity contribution < 1.29 is 13.2 Å². The second kappa shape index (κ2) is 5.24. The van der Waals surface area contributed by atoms with E-state index in [2.05, 4.69) is 5.10 Å². The molecule has 0 aliphatic carbocycles. The number of nitrogen functional groups attached to an aromatic ring is 1. The predicted molar refractivity (Wildman–Crippen MR) is 64.0 cm³/mol. The highest BCUT2D eigenvalue weighted by Gasteiger charge is 2.26. The first-order chi connectivity index (χ1) is 7.31. The van der Waals surface area contributed by atoms with Gasteiger partial charge in [-0.3, -0.25) is 0 Å². The first-order valence-electron chi connectivity index (χ1n) is 4.86. The number of nitrogens with two attached hydrogens (primary N) is 1. The van der Waals surface area contributed by atoms with E-state index < -0.39 is 12.6 Å². The Morgan fingerprint density at radius 3 is 2.62 bits per heavy atom. The Bertz CT molecular complexity index is 348. The number of alkyl halides is 3. The average Bonchev–Trinajstić information content (AvgIpc) is 2.45. The van der Waals surface area contributed by atoms with Crippen molar-refractivity contribution in [1.82, 2.24) is 9.78 Å². The Morgan fingerprint density at radius 1 is 1.56 bits per heavy atom. The summed E-state index contributed by atoms with van der Waals surface area (Å²) >= 11 is 2.04. The summed E-state index contributed by atoms with van der Waals surface area (Å²) in [6.45, 7) is 1.82. The Balaban J connectivity index is 2.47. The average molecular weight is 347 g/mol. The van der Waals surface area contributed by atoms with E-state index in [0.29, 0.717) is 12.2 Å². The van der Waals surface area contributed by atoms with Gasteiger partial charge in [-0.25, -0.2) is 4.68 Å². The van der Waals surface area contributed by atoms with Crippen LogP contribution < -0.4 is 5.73 Å². The van der Waals surface area contributed by atoms with Crippen LogP contribution in [0.1, 0.15) is 32.2 Å². The van der Waals surface area contributed by atoms with E-state index in [4.69, 9.17) is 5.73 Å². The van der Waals surface area contributed by atoms with Crippen LogP contribution in [0.25, 0.3) is 0 Å². The van der Waals surface area contributed by atoms with Crippen molar-refractivity contribution in [2.75, 3.05) is 5.73 Å².